The summed E-state index contributed by atoms with van der Waals surface area (Å²) in [4.78, 5) is 13.4. The van der Waals surface area contributed by atoms with Gasteiger partial charge in [0, 0.05) is 19.3 Å². The molecule has 1 aromatic carbocycles. The van der Waals surface area contributed by atoms with E-state index in [1.54, 1.807) is 20.9 Å². The summed E-state index contributed by atoms with van der Waals surface area (Å²) in [6.07, 6.45) is 1.13. The Morgan fingerprint density at radius 1 is 1.30 bits per heavy atom. The molecule has 0 bridgehead atoms. The number of nitrogens with one attached hydrogen (secondary N) is 1. The van der Waals surface area contributed by atoms with Crippen LogP contribution in [0.25, 0.3) is 0 Å². The molecule has 0 heterocycles. The molecule has 1 rings (SSSR count). The number of carbonyl (C=O) groups is 1. The lowest BCUT2D eigenvalue weighted by Gasteiger charge is -2.26. The number of benzene rings is 1. The van der Waals surface area contributed by atoms with Crippen LogP contribution in [0.1, 0.15) is 13.8 Å². The molecule has 23 heavy (non-hydrogen) atoms. The second-order valence-corrected chi connectivity index (χ2v) is 7.85. The predicted molar refractivity (Wildman–Crippen MR) is 86.8 cm³/mol. The van der Waals surface area contributed by atoms with E-state index >= 15 is 0 Å². The molecule has 6 nitrogen and oxygen atoms in total. The van der Waals surface area contributed by atoms with Crippen molar-refractivity contribution in [3.8, 4) is 5.75 Å². The molecule has 0 radical (unpaired) electrons. The Balaban J connectivity index is 2.44. The fourth-order valence-electron chi connectivity index (χ4n) is 1.86. The molecule has 130 valence electrons. The molecule has 0 fully saturated rings. The Morgan fingerprint density at radius 3 is 2.39 bits per heavy atom. The van der Waals surface area contributed by atoms with Crippen molar-refractivity contribution in [2.24, 2.45) is 0 Å². The van der Waals surface area contributed by atoms with Gasteiger partial charge in [-0.05, 0) is 38.1 Å². The SMILES string of the molecule is CC(COc1ccc(F)cc1)NC(=O)N(C)C(C)CS(C)(=O)=O. The van der Waals surface area contributed by atoms with Crippen LogP contribution in [0.3, 0.4) is 0 Å². The molecule has 0 aromatic heterocycles. The Hall–Kier alpha value is -1.83. The van der Waals surface area contributed by atoms with Crippen LogP contribution in [0.2, 0.25) is 0 Å². The Kier molecular flexibility index (Phi) is 6.80. The number of sulfone groups is 1. The van der Waals surface area contributed by atoms with Gasteiger partial charge in [0.1, 0.15) is 28.0 Å². The van der Waals surface area contributed by atoms with Gasteiger partial charge in [0.2, 0.25) is 0 Å². The van der Waals surface area contributed by atoms with Crippen LogP contribution in [-0.4, -0.2) is 57.1 Å². The van der Waals surface area contributed by atoms with Crippen LogP contribution in [0.15, 0.2) is 24.3 Å². The third-order valence-corrected chi connectivity index (χ3v) is 4.30. The summed E-state index contributed by atoms with van der Waals surface area (Å²) < 4.78 is 40.8. The van der Waals surface area contributed by atoms with Crippen LogP contribution >= 0.6 is 0 Å². The largest absolute Gasteiger partial charge is 0.491 e. The highest BCUT2D eigenvalue weighted by Gasteiger charge is 2.20. The summed E-state index contributed by atoms with van der Waals surface area (Å²) in [6.45, 7) is 3.64. The number of halogens is 1. The Labute approximate surface area is 136 Å². The molecule has 0 aliphatic carbocycles. The van der Waals surface area contributed by atoms with E-state index in [2.05, 4.69) is 5.32 Å². The lowest BCUT2D eigenvalue weighted by atomic mass is 10.3. The first-order valence-electron chi connectivity index (χ1n) is 7.18. The highest BCUT2D eigenvalue weighted by atomic mass is 32.2. The second kappa shape index (κ2) is 8.14. The Bertz CT molecular complexity index is 619. The van der Waals surface area contributed by atoms with Crippen LogP contribution in [0.5, 0.6) is 5.75 Å². The second-order valence-electron chi connectivity index (χ2n) is 5.67. The molecule has 0 spiro atoms. The number of amides is 2. The van der Waals surface area contributed by atoms with Gasteiger partial charge in [0.05, 0.1) is 11.8 Å². The van der Waals surface area contributed by atoms with Gasteiger partial charge >= 0.3 is 6.03 Å². The molecule has 8 heteroatoms. The molecule has 2 amide bonds. The summed E-state index contributed by atoms with van der Waals surface area (Å²) in [5.41, 5.74) is 0. The number of nitrogens with zero attached hydrogens (tertiary/aromatic N) is 1. The van der Waals surface area contributed by atoms with Crippen molar-refractivity contribution in [3.63, 3.8) is 0 Å². The highest BCUT2D eigenvalue weighted by Crippen LogP contribution is 2.11. The maximum Gasteiger partial charge on any atom is 0.317 e. The Morgan fingerprint density at radius 2 is 1.87 bits per heavy atom. The fourth-order valence-corrected chi connectivity index (χ4v) is 2.96. The number of ether oxygens (including phenoxy) is 1. The van der Waals surface area contributed by atoms with Gasteiger partial charge in [-0.3, -0.25) is 0 Å². The zero-order chi connectivity index (χ0) is 17.6. The average molecular weight is 346 g/mol. The molecular weight excluding hydrogens is 323 g/mol. The molecule has 1 N–H and O–H groups in total. The number of hydrogen-bond donors (Lipinski definition) is 1. The lowest BCUT2D eigenvalue weighted by molar-refractivity contribution is 0.187. The van der Waals surface area contributed by atoms with Gasteiger partial charge in [-0.15, -0.1) is 0 Å². The first-order valence-corrected chi connectivity index (χ1v) is 9.24. The van der Waals surface area contributed by atoms with Crippen LogP contribution in [0.4, 0.5) is 9.18 Å². The molecule has 0 aliphatic rings. The van der Waals surface area contributed by atoms with Gasteiger partial charge in [-0.2, -0.15) is 0 Å². The standard InChI is InChI=1S/C15H23FN2O4S/c1-11(9-22-14-7-5-13(16)6-8-14)17-15(19)18(3)12(2)10-23(4,20)21/h5-8,11-12H,9-10H2,1-4H3,(H,17,19). The molecule has 0 saturated heterocycles. The summed E-state index contributed by atoms with van der Waals surface area (Å²) in [7, 11) is -1.62. The highest BCUT2D eigenvalue weighted by molar-refractivity contribution is 7.90. The summed E-state index contributed by atoms with van der Waals surface area (Å²) in [5.74, 6) is 0.0590. The zero-order valence-corrected chi connectivity index (χ0v) is 14.6. The van der Waals surface area contributed by atoms with E-state index < -0.39 is 15.9 Å². The van der Waals surface area contributed by atoms with E-state index in [-0.39, 0.29) is 30.2 Å². The molecule has 0 saturated carbocycles. The van der Waals surface area contributed by atoms with E-state index in [0.29, 0.717) is 5.75 Å². The van der Waals surface area contributed by atoms with E-state index in [1.807, 2.05) is 0 Å². The smallest absolute Gasteiger partial charge is 0.317 e. The first kappa shape index (κ1) is 19.2. The van der Waals surface area contributed by atoms with E-state index in [4.69, 9.17) is 4.74 Å². The van der Waals surface area contributed by atoms with Gasteiger partial charge in [0.25, 0.3) is 0 Å². The van der Waals surface area contributed by atoms with Crippen molar-refractivity contribution in [1.29, 1.82) is 0 Å². The minimum atomic E-state index is -3.16. The van der Waals surface area contributed by atoms with Crippen LogP contribution in [-0.2, 0) is 9.84 Å². The van der Waals surface area contributed by atoms with Crippen molar-refractivity contribution in [2.45, 2.75) is 25.9 Å². The summed E-state index contributed by atoms with van der Waals surface area (Å²) in [5, 5.41) is 2.72. The third kappa shape index (κ3) is 7.32. The van der Waals surface area contributed by atoms with Gasteiger partial charge in [-0.1, -0.05) is 0 Å². The quantitative estimate of drug-likeness (QED) is 0.815. The summed E-state index contributed by atoms with van der Waals surface area (Å²) in [6, 6.07) is 4.49. The molecule has 1 aromatic rings. The predicted octanol–water partition coefficient (Wildman–Crippen LogP) is 1.67. The number of hydrogen-bond acceptors (Lipinski definition) is 4. The average Bonchev–Trinajstić information content (AvgIpc) is 2.44. The molecule has 2 atom stereocenters. The van der Waals surface area contributed by atoms with Gasteiger partial charge in [0.15, 0.2) is 0 Å². The minimum Gasteiger partial charge on any atom is -0.491 e. The lowest BCUT2D eigenvalue weighted by Crippen LogP contribution is -2.48. The van der Waals surface area contributed by atoms with E-state index in [1.165, 1.54) is 29.2 Å². The monoisotopic (exact) mass is 346 g/mol. The van der Waals surface area contributed by atoms with Crippen molar-refractivity contribution in [3.05, 3.63) is 30.1 Å². The van der Waals surface area contributed by atoms with Crippen molar-refractivity contribution in [2.75, 3.05) is 25.7 Å². The van der Waals surface area contributed by atoms with Crippen LogP contribution < -0.4 is 10.1 Å². The number of carbonyl (C=O) groups excluding carboxylic acids is 1. The van der Waals surface area contributed by atoms with Crippen molar-refractivity contribution >= 4 is 15.9 Å². The zero-order valence-electron chi connectivity index (χ0n) is 13.7. The molecular formula is C15H23FN2O4S. The maximum absolute atomic E-state index is 12.8. The van der Waals surface area contributed by atoms with Crippen LogP contribution in [0, 0.1) is 5.82 Å². The van der Waals surface area contributed by atoms with Gasteiger partial charge in [-0.25, -0.2) is 17.6 Å². The molecule has 0 aliphatic heterocycles. The molecule has 2 unspecified atom stereocenters. The van der Waals surface area contributed by atoms with E-state index in [9.17, 15) is 17.6 Å². The topological polar surface area (TPSA) is 75.7 Å². The number of rotatable bonds is 7. The third-order valence-electron chi connectivity index (χ3n) is 3.21. The normalized spacial score (nSPS) is 14.0. The number of urea groups is 1. The fraction of sp³-hybridized carbons (Fsp3) is 0.533. The summed E-state index contributed by atoms with van der Waals surface area (Å²) >= 11 is 0. The van der Waals surface area contributed by atoms with E-state index in [0.717, 1.165) is 6.26 Å². The van der Waals surface area contributed by atoms with Crippen molar-refractivity contribution < 1.29 is 22.3 Å². The first-order chi connectivity index (χ1) is 10.6. The van der Waals surface area contributed by atoms with Gasteiger partial charge < -0.3 is 15.0 Å². The maximum atomic E-state index is 12.8. The minimum absolute atomic E-state index is 0.0998. The van der Waals surface area contributed by atoms with Crippen molar-refractivity contribution in [1.82, 2.24) is 10.2 Å².